The van der Waals surface area contributed by atoms with Crippen LogP contribution in [0.4, 0.5) is 0 Å². The second-order valence-electron chi connectivity index (χ2n) is 2.13. The molecule has 1 atom stereocenters. The lowest BCUT2D eigenvalue weighted by Gasteiger charge is -2.10. The molecule has 0 radical (unpaired) electrons. The molecule has 56 valence electrons. The molecule has 0 aliphatic heterocycles. The molecule has 0 heterocycles. The minimum absolute atomic E-state index is 0.0694. The molecule has 0 aliphatic carbocycles. The van der Waals surface area contributed by atoms with Crippen LogP contribution < -0.4 is 5.48 Å². The molecule has 3 heteroatoms. The van der Waals surface area contributed by atoms with Crippen molar-refractivity contribution in [1.82, 2.24) is 5.48 Å². The van der Waals surface area contributed by atoms with Crippen LogP contribution in [-0.4, -0.2) is 23.0 Å². The molecule has 1 unspecified atom stereocenters. The molecule has 0 saturated carbocycles. The number of hydrogen-bond donors (Lipinski definition) is 3. The molecule has 0 aromatic carbocycles. The van der Waals surface area contributed by atoms with E-state index < -0.39 is 0 Å². The minimum Gasteiger partial charge on any atom is -0.396 e. The Morgan fingerprint density at radius 3 is 2.44 bits per heavy atom. The van der Waals surface area contributed by atoms with Crippen LogP contribution in [0.3, 0.4) is 0 Å². The van der Waals surface area contributed by atoms with Crippen LogP contribution in [0.25, 0.3) is 0 Å². The molecule has 0 fully saturated rings. The van der Waals surface area contributed by atoms with Crippen molar-refractivity contribution >= 4 is 0 Å². The summed E-state index contributed by atoms with van der Waals surface area (Å²) in [6, 6.07) is 0.0694. The van der Waals surface area contributed by atoms with Crippen molar-refractivity contribution in [1.29, 1.82) is 0 Å². The maximum absolute atomic E-state index is 8.44. The van der Waals surface area contributed by atoms with Gasteiger partial charge >= 0.3 is 0 Å². The molecular weight excluding hydrogens is 118 g/mol. The summed E-state index contributed by atoms with van der Waals surface area (Å²) in [6.45, 7) is 2.18. The van der Waals surface area contributed by atoms with Crippen molar-refractivity contribution in [3.63, 3.8) is 0 Å². The number of hydrogen-bond acceptors (Lipinski definition) is 3. The molecule has 0 saturated heterocycles. The Balaban J connectivity index is 3.18. The Morgan fingerprint density at radius 2 is 2.11 bits per heavy atom. The highest BCUT2D eigenvalue weighted by atomic mass is 16.5. The first-order chi connectivity index (χ1) is 4.35. The third kappa shape index (κ3) is 4.39. The van der Waals surface area contributed by atoms with E-state index in [0.717, 1.165) is 12.8 Å². The third-order valence-corrected chi connectivity index (χ3v) is 1.30. The summed E-state index contributed by atoms with van der Waals surface area (Å²) in [5.74, 6) is 0. The van der Waals surface area contributed by atoms with Crippen LogP contribution in [0.2, 0.25) is 0 Å². The van der Waals surface area contributed by atoms with Crippen LogP contribution in [-0.2, 0) is 0 Å². The van der Waals surface area contributed by atoms with Gasteiger partial charge in [0.25, 0.3) is 0 Å². The third-order valence-electron chi connectivity index (χ3n) is 1.30. The van der Waals surface area contributed by atoms with Crippen LogP contribution in [0.5, 0.6) is 0 Å². The molecule has 9 heavy (non-hydrogen) atoms. The molecule has 0 bridgehead atoms. The summed E-state index contributed by atoms with van der Waals surface area (Å²) in [5, 5.41) is 16.9. The van der Waals surface area contributed by atoms with Gasteiger partial charge < -0.3 is 10.3 Å². The van der Waals surface area contributed by atoms with E-state index in [4.69, 9.17) is 10.3 Å². The average Bonchev–Trinajstić information content (AvgIpc) is 1.88. The van der Waals surface area contributed by atoms with Gasteiger partial charge in [-0.25, -0.2) is 5.48 Å². The first kappa shape index (κ1) is 8.88. The first-order valence-electron chi connectivity index (χ1n) is 3.35. The van der Waals surface area contributed by atoms with Crippen molar-refractivity contribution in [2.75, 3.05) is 6.61 Å². The molecule has 3 N–H and O–H groups in total. The Labute approximate surface area is 55.7 Å². The van der Waals surface area contributed by atoms with Crippen molar-refractivity contribution < 1.29 is 10.3 Å². The van der Waals surface area contributed by atoms with Crippen molar-refractivity contribution in [3.05, 3.63) is 0 Å². The lowest BCUT2D eigenvalue weighted by atomic mass is 10.1. The topological polar surface area (TPSA) is 52.5 Å². The van der Waals surface area contributed by atoms with E-state index in [9.17, 15) is 0 Å². The summed E-state index contributed by atoms with van der Waals surface area (Å²) in [4.78, 5) is 0. The Morgan fingerprint density at radius 1 is 1.44 bits per heavy atom. The second-order valence-corrected chi connectivity index (χ2v) is 2.13. The predicted molar refractivity (Wildman–Crippen MR) is 35.3 cm³/mol. The molecule has 0 aliphatic rings. The molecule has 0 spiro atoms. The van der Waals surface area contributed by atoms with Gasteiger partial charge in [-0.2, -0.15) is 0 Å². The predicted octanol–water partition coefficient (Wildman–Crippen LogP) is 0.516. The standard InChI is InChI=1S/C6H15NO2/c1-2-3-6(7-9)4-5-8/h6-9H,2-5H2,1H3. The van der Waals surface area contributed by atoms with Gasteiger partial charge in [0.15, 0.2) is 0 Å². The highest BCUT2D eigenvalue weighted by Gasteiger charge is 2.02. The Kier molecular flexibility index (Phi) is 5.93. The quantitative estimate of drug-likeness (QED) is 0.479. The van der Waals surface area contributed by atoms with E-state index in [0.29, 0.717) is 6.42 Å². The van der Waals surface area contributed by atoms with Gasteiger partial charge in [-0.1, -0.05) is 13.3 Å². The SMILES string of the molecule is CCCC(CCO)NO. The van der Waals surface area contributed by atoms with Crippen molar-refractivity contribution in [3.8, 4) is 0 Å². The molecular formula is C6H15NO2. The van der Waals surface area contributed by atoms with Gasteiger partial charge in [0.2, 0.25) is 0 Å². The highest BCUT2D eigenvalue weighted by Crippen LogP contribution is 1.98. The number of hydroxylamine groups is 1. The summed E-state index contributed by atoms with van der Waals surface area (Å²) < 4.78 is 0. The van der Waals surface area contributed by atoms with Crippen LogP contribution in [0, 0.1) is 0 Å². The summed E-state index contributed by atoms with van der Waals surface area (Å²) in [7, 11) is 0. The van der Waals surface area contributed by atoms with Crippen molar-refractivity contribution in [2.24, 2.45) is 0 Å². The van der Waals surface area contributed by atoms with E-state index in [1.807, 2.05) is 6.92 Å². The van der Waals surface area contributed by atoms with Gasteiger partial charge in [0, 0.05) is 12.6 Å². The van der Waals surface area contributed by atoms with E-state index >= 15 is 0 Å². The van der Waals surface area contributed by atoms with Crippen LogP contribution >= 0.6 is 0 Å². The van der Waals surface area contributed by atoms with E-state index in [1.54, 1.807) is 0 Å². The molecule has 0 aromatic rings. The first-order valence-corrected chi connectivity index (χ1v) is 3.35. The van der Waals surface area contributed by atoms with Gasteiger partial charge in [-0.05, 0) is 12.8 Å². The fourth-order valence-electron chi connectivity index (χ4n) is 0.778. The number of aliphatic hydroxyl groups excluding tert-OH is 1. The Bertz CT molecular complexity index is 53.0. The molecule has 0 aromatic heterocycles. The zero-order valence-electron chi connectivity index (χ0n) is 5.80. The number of rotatable bonds is 5. The van der Waals surface area contributed by atoms with Gasteiger partial charge in [0.05, 0.1) is 0 Å². The summed E-state index contributed by atoms with van der Waals surface area (Å²) in [5.41, 5.74) is 2.14. The van der Waals surface area contributed by atoms with E-state index in [2.05, 4.69) is 5.48 Å². The normalized spacial score (nSPS) is 13.7. The number of aliphatic hydroxyl groups is 1. The average molecular weight is 133 g/mol. The molecule has 0 rings (SSSR count). The fraction of sp³-hybridized carbons (Fsp3) is 1.00. The summed E-state index contributed by atoms with van der Waals surface area (Å²) in [6.07, 6.45) is 2.57. The minimum atomic E-state index is 0.0694. The Hall–Kier alpha value is -0.120. The van der Waals surface area contributed by atoms with Crippen LogP contribution in [0.1, 0.15) is 26.2 Å². The maximum Gasteiger partial charge on any atom is 0.0446 e. The van der Waals surface area contributed by atoms with E-state index in [1.165, 1.54) is 0 Å². The number of nitrogens with one attached hydrogen (secondary N) is 1. The van der Waals surface area contributed by atoms with Gasteiger partial charge in [0.1, 0.15) is 0 Å². The lowest BCUT2D eigenvalue weighted by Crippen LogP contribution is -2.26. The monoisotopic (exact) mass is 133 g/mol. The van der Waals surface area contributed by atoms with Crippen LogP contribution in [0.15, 0.2) is 0 Å². The van der Waals surface area contributed by atoms with Crippen molar-refractivity contribution in [2.45, 2.75) is 32.2 Å². The molecule has 0 amide bonds. The lowest BCUT2D eigenvalue weighted by molar-refractivity contribution is 0.105. The van der Waals surface area contributed by atoms with Gasteiger partial charge in [-0.15, -0.1) is 0 Å². The fourth-order valence-corrected chi connectivity index (χ4v) is 0.778. The zero-order chi connectivity index (χ0) is 7.11. The smallest absolute Gasteiger partial charge is 0.0446 e. The zero-order valence-corrected chi connectivity index (χ0v) is 5.80. The molecule has 3 nitrogen and oxygen atoms in total. The maximum atomic E-state index is 8.44. The largest absolute Gasteiger partial charge is 0.396 e. The van der Waals surface area contributed by atoms with Gasteiger partial charge in [-0.3, -0.25) is 0 Å². The highest BCUT2D eigenvalue weighted by molar-refractivity contribution is 4.59. The second kappa shape index (κ2) is 6.01. The summed E-state index contributed by atoms with van der Waals surface area (Å²) >= 11 is 0. The van der Waals surface area contributed by atoms with E-state index in [-0.39, 0.29) is 12.6 Å².